The molecule has 2 aliphatic carbocycles. The minimum atomic E-state index is -3.00. The van der Waals surface area contributed by atoms with Crippen molar-refractivity contribution in [1.29, 1.82) is 0 Å². The second kappa shape index (κ2) is 33.5. The SMILES string of the molecule is COc1ccc([Si](c2ccc(OC)cc2)(c2ccc(OC)cc2)c2ccc3c(c2)-c2cc([Si](c4ccc(OC)cc4)(c4ccc(OC)cc4)c4ccc(OC)cc4)ccc2C3)cc1.COc1ccc([Si](c2ccccc2)(c2ccccc2)c2ccc3c(c2)Cc2cc([Si](c4ccccc4)(c4ccccc4)c4ccc(OC)cc4)ccc2-3)cc1. The number of hydrogen-bond donors (Lipinski definition) is 0. The third-order valence-electron chi connectivity index (χ3n) is 24.5. The van der Waals surface area contributed by atoms with Gasteiger partial charge < -0.3 is 37.9 Å². The minimum absolute atomic E-state index is 0.819. The Bertz CT molecular complexity index is 5470. The molecule has 0 radical (unpaired) electrons. The van der Waals surface area contributed by atoms with Crippen LogP contribution in [0.2, 0.25) is 0 Å². The van der Waals surface area contributed by atoms with Gasteiger partial charge >= 0.3 is 0 Å². The van der Waals surface area contributed by atoms with Gasteiger partial charge in [0.25, 0.3) is 0 Å². The summed E-state index contributed by atoms with van der Waals surface area (Å²) in [5.74, 6) is 6.65. The van der Waals surface area contributed by atoms with Crippen LogP contribution in [0.1, 0.15) is 22.3 Å². The first-order valence-electron chi connectivity index (χ1n) is 40.0. The zero-order chi connectivity index (χ0) is 80.8. The lowest BCUT2D eigenvalue weighted by Crippen LogP contribution is -2.74. The Morgan fingerprint density at radius 3 is 0.500 bits per heavy atom. The smallest absolute Gasteiger partial charge is 0.179 e. The summed E-state index contributed by atoms with van der Waals surface area (Å²) < 4.78 is 45.4. The molecular formula is C106H92O8Si4. The van der Waals surface area contributed by atoms with E-state index in [-0.39, 0.29) is 0 Å². The lowest BCUT2D eigenvalue weighted by atomic mass is 10.1. The summed E-state index contributed by atoms with van der Waals surface area (Å²) in [6.07, 6.45) is 1.75. The van der Waals surface area contributed by atoms with Crippen molar-refractivity contribution < 1.29 is 37.9 Å². The van der Waals surface area contributed by atoms with E-state index in [9.17, 15) is 0 Å². The third-order valence-corrected chi connectivity index (χ3v) is 43.6. The molecule has 0 unspecified atom stereocenters. The lowest BCUT2D eigenvalue weighted by molar-refractivity contribution is 0.414. The summed E-state index contributed by atoms with van der Waals surface area (Å²) >= 11 is 0. The molecule has 12 heteroatoms. The van der Waals surface area contributed by atoms with Crippen LogP contribution in [0.4, 0.5) is 0 Å². The molecular weight excluding hydrogens is 1510 g/mol. The quantitative estimate of drug-likeness (QED) is 0.0438. The highest BCUT2D eigenvalue weighted by molar-refractivity contribution is 7.22. The molecule has 0 N–H and O–H groups in total. The van der Waals surface area contributed by atoms with E-state index in [1.54, 1.807) is 56.9 Å². The topological polar surface area (TPSA) is 73.8 Å². The van der Waals surface area contributed by atoms with Crippen molar-refractivity contribution in [2.75, 3.05) is 56.9 Å². The molecule has 8 nitrogen and oxygen atoms in total. The summed E-state index contributed by atoms with van der Waals surface area (Å²) in [4.78, 5) is 0. The van der Waals surface area contributed by atoms with Gasteiger partial charge in [-0.05, 0) is 237 Å². The van der Waals surface area contributed by atoms with Crippen LogP contribution < -0.4 is 121 Å². The maximum atomic E-state index is 5.70. The predicted molar refractivity (Wildman–Crippen MR) is 496 cm³/mol. The maximum Gasteiger partial charge on any atom is 0.179 e. The highest BCUT2D eigenvalue weighted by atomic mass is 28.3. The van der Waals surface area contributed by atoms with Gasteiger partial charge in [0.1, 0.15) is 46.0 Å². The molecule has 118 heavy (non-hydrogen) atoms. The Morgan fingerprint density at radius 2 is 0.305 bits per heavy atom. The molecule has 0 bridgehead atoms. The van der Waals surface area contributed by atoms with E-state index < -0.39 is 32.3 Å². The fourth-order valence-electron chi connectivity index (χ4n) is 18.8. The largest absolute Gasteiger partial charge is 0.497 e. The second-order valence-electron chi connectivity index (χ2n) is 30.1. The monoisotopic (exact) mass is 1600 g/mol. The molecule has 2 aliphatic rings. The highest BCUT2D eigenvalue weighted by Gasteiger charge is 2.47. The first-order chi connectivity index (χ1) is 58.0. The summed E-state index contributed by atoms with van der Waals surface area (Å²) in [5.41, 5.74) is 10.6. The highest BCUT2D eigenvalue weighted by Crippen LogP contribution is 2.39. The molecule has 0 spiro atoms. The fourth-order valence-corrected chi connectivity index (χ4v) is 37.7. The van der Waals surface area contributed by atoms with Crippen LogP contribution in [-0.4, -0.2) is 89.2 Å². The van der Waals surface area contributed by atoms with E-state index in [2.05, 4.69) is 388 Å². The Hall–Kier alpha value is -13.2. The van der Waals surface area contributed by atoms with Gasteiger partial charge in [0.2, 0.25) is 0 Å². The molecule has 0 aromatic heterocycles. The molecule has 16 aromatic carbocycles. The van der Waals surface area contributed by atoms with E-state index in [1.165, 1.54) is 127 Å². The second-order valence-corrected chi connectivity index (χ2v) is 45.4. The summed E-state index contributed by atoms with van der Waals surface area (Å²) in [7, 11) is 2.33. The maximum absolute atomic E-state index is 5.70. The number of ether oxygens (including phenoxy) is 8. The molecule has 0 fully saturated rings. The summed E-state index contributed by atoms with van der Waals surface area (Å²) in [6.45, 7) is 0. The van der Waals surface area contributed by atoms with Crippen LogP contribution in [0.3, 0.4) is 0 Å². The van der Waals surface area contributed by atoms with E-state index in [0.29, 0.717) is 0 Å². The van der Waals surface area contributed by atoms with Gasteiger partial charge in [0, 0.05) is 0 Å². The lowest BCUT2D eigenvalue weighted by Gasteiger charge is -2.35. The van der Waals surface area contributed by atoms with Gasteiger partial charge in [-0.3, -0.25) is 0 Å². The molecule has 0 aliphatic heterocycles. The van der Waals surface area contributed by atoms with Gasteiger partial charge in [-0.15, -0.1) is 0 Å². The summed E-state index contributed by atoms with van der Waals surface area (Å²) in [5, 5.41) is 20.9. The zero-order valence-corrected chi connectivity index (χ0v) is 71.6. The molecule has 0 atom stereocenters. The fraction of sp³-hybridized carbons (Fsp3) is 0.0943. The normalized spacial score (nSPS) is 12.0. The van der Waals surface area contributed by atoms with E-state index >= 15 is 0 Å². The Balaban J connectivity index is 0.000000171. The Kier molecular flexibility index (Phi) is 22.0. The van der Waals surface area contributed by atoms with Crippen molar-refractivity contribution in [3.8, 4) is 68.2 Å². The number of benzene rings is 16. The van der Waals surface area contributed by atoms with Crippen LogP contribution >= 0.6 is 0 Å². The van der Waals surface area contributed by atoms with Gasteiger partial charge in [0.15, 0.2) is 32.3 Å². The number of hydrogen-bond acceptors (Lipinski definition) is 8. The van der Waals surface area contributed by atoms with Crippen LogP contribution in [0, 0.1) is 0 Å². The van der Waals surface area contributed by atoms with E-state index in [0.717, 1.165) is 58.8 Å². The molecule has 18 rings (SSSR count). The van der Waals surface area contributed by atoms with Crippen molar-refractivity contribution in [1.82, 2.24) is 0 Å². The van der Waals surface area contributed by atoms with Crippen molar-refractivity contribution in [3.63, 3.8) is 0 Å². The number of fused-ring (bicyclic) bond motifs is 6. The Labute approximate surface area is 696 Å². The van der Waals surface area contributed by atoms with Gasteiger partial charge in [-0.2, -0.15) is 0 Å². The van der Waals surface area contributed by atoms with Crippen LogP contribution in [0.5, 0.6) is 46.0 Å². The molecule has 16 aromatic rings. The zero-order valence-electron chi connectivity index (χ0n) is 67.6. The average Bonchev–Trinajstić information content (AvgIpc) is 1.32. The molecule has 0 heterocycles. The first-order valence-corrected chi connectivity index (χ1v) is 48.0. The van der Waals surface area contributed by atoms with Crippen molar-refractivity contribution in [3.05, 3.63) is 411 Å². The summed E-state index contributed by atoms with van der Waals surface area (Å²) in [6, 6.07) is 143. The van der Waals surface area contributed by atoms with Crippen molar-refractivity contribution in [2.45, 2.75) is 12.8 Å². The van der Waals surface area contributed by atoms with Gasteiger partial charge in [-0.25, -0.2) is 0 Å². The standard InChI is InChI=1S/C55H50O6Si2.C51H42O2Si2/c1-56-40-9-23-46(24-10-40)62(47-25-11-41(57-2)12-26-47,48-27-13-42(58-3)14-28-48)52-21-7-38-35-39-8-22-53(37-55(39)54(38)36-52)63(49-29-15-43(59-4)16-30-49,50-31-17-44(60-5)18-32-50)51-33-19-45(61-6)20-34-51;1-52-40-23-27-46(28-24-40)54(42-15-7-3-8-16-42,43-17-9-4-10-18-43)48-31-33-50-38(36-48)35-39-37-49(32-34-51(39)50)55(44-19-11-5-12-20-44,45-21-13-6-14-22-45)47-29-25-41(53-2)26-30-47/h7-34,36-37H,35H2,1-6H3;3-34,36-37H,35H2,1-2H3. The average molecular weight is 1610 g/mol. The van der Waals surface area contributed by atoms with Crippen LogP contribution in [0.15, 0.2) is 388 Å². The molecule has 580 valence electrons. The predicted octanol–water partition coefficient (Wildman–Crippen LogP) is 12.1. The number of methoxy groups -OCH3 is 8. The third kappa shape index (κ3) is 13.7. The first kappa shape index (κ1) is 77.4. The van der Waals surface area contributed by atoms with Gasteiger partial charge in [0.05, 0.1) is 56.9 Å². The van der Waals surface area contributed by atoms with Gasteiger partial charge in [-0.1, -0.05) is 291 Å². The molecule has 0 saturated heterocycles. The van der Waals surface area contributed by atoms with E-state index in [4.69, 9.17) is 37.9 Å². The van der Waals surface area contributed by atoms with Crippen LogP contribution in [0.25, 0.3) is 22.3 Å². The molecule has 0 saturated carbocycles. The molecule has 0 amide bonds. The van der Waals surface area contributed by atoms with E-state index in [1.807, 2.05) is 0 Å². The number of rotatable bonds is 24. The van der Waals surface area contributed by atoms with Crippen molar-refractivity contribution >= 4 is 115 Å². The minimum Gasteiger partial charge on any atom is -0.497 e. The van der Waals surface area contributed by atoms with Crippen molar-refractivity contribution in [2.24, 2.45) is 0 Å². The van der Waals surface area contributed by atoms with Crippen LogP contribution in [-0.2, 0) is 12.8 Å². The Morgan fingerprint density at radius 1 is 0.144 bits per heavy atom.